The molecule has 0 atom stereocenters. The largest absolute Gasteiger partial charge is 0.495 e. The smallest absolute Gasteiger partial charge is 0.144 e. The zero-order valence-electron chi connectivity index (χ0n) is 9.73. The van der Waals surface area contributed by atoms with Crippen molar-refractivity contribution < 1.29 is 4.74 Å². The van der Waals surface area contributed by atoms with Crippen molar-refractivity contribution in [2.75, 3.05) is 25.1 Å². The number of ether oxygens (including phenoxy) is 1. The fourth-order valence-corrected chi connectivity index (χ4v) is 2.14. The Morgan fingerprint density at radius 2 is 2.00 bits per heavy atom. The van der Waals surface area contributed by atoms with Crippen molar-refractivity contribution in [1.29, 1.82) is 0 Å². The molecule has 0 amide bonds. The minimum absolute atomic E-state index is 0.569. The molecule has 0 bridgehead atoms. The molecule has 85 valence electrons. The van der Waals surface area contributed by atoms with Gasteiger partial charge in [0.2, 0.25) is 0 Å². The molecule has 1 radical (unpaired) electrons. The summed E-state index contributed by atoms with van der Waals surface area (Å²) in [7, 11) is 1.64. The van der Waals surface area contributed by atoms with Crippen LogP contribution in [0.15, 0.2) is 17.2 Å². The highest BCUT2D eigenvalue weighted by molar-refractivity contribution is 5.67. The van der Waals surface area contributed by atoms with Gasteiger partial charge in [-0.25, -0.2) is 0 Å². The van der Waals surface area contributed by atoms with E-state index in [1.165, 1.54) is 12.8 Å². The third-order valence-electron chi connectivity index (χ3n) is 3.05. The third-order valence-corrected chi connectivity index (χ3v) is 3.05. The molecule has 4 heteroatoms. The number of rotatable bonds is 3. The summed E-state index contributed by atoms with van der Waals surface area (Å²) in [6.07, 6.45) is 2.46. The Balaban J connectivity index is 2.42. The number of benzene rings is 1. The molecule has 16 heavy (non-hydrogen) atoms. The van der Waals surface area contributed by atoms with Crippen LogP contribution in [0.25, 0.3) is 0 Å². The summed E-state index contributed by atoms with van der Waals surface area (Å²) in [6, 6.07) is 3.81. The van der Waals surface area contributed by atoms with Crippen LogP contribution >= 0.6 is 0 Å². The van der Waals surface area contributed by atoms with Crippen LogP contribution in [0, 0.1) is 6.92 Å². The highest BCUT2D eigenvalue weighted by Crippen LogP contribution is 2.36. The molecule has 2 rings (SSSR count). The second-order valence-corrected chi connectivity index (χ2v) is 4.10. The van der Waals surface area contributed by atoms with Gasteiger partial charge in [0.05, 0.1) is 18.5 Å². The van der Waals surface area contributed by atoms with E-state index in [0.717, 1.165) is 30.1 Å². The van der Waals surface area contributed by atoms with E-state index in [2.05, 4.69) is 10.0 Å². The maximum atomic E-state index is 8.85. The lowest BCUT2D eigenvalue weighted by atomic mass is 10.1. The van der Waals surface area contributed by atoms with Crippen LogP contribution in [-0.2, 0) is 0 Å². The SMILES string of the molecule is COc1cc(N=[N])c(C)cc1N1CCCC1. The first-order valence-corrected chi connectivity index (χ1v) is 5.55. The van der Waals surface area contributed by atoms with Gasteiger partial charge < -0.3 is 9.64 Å². The minimum Gasteiger partial charge on any atom is -0.495 e. The first-order chi connectivity index (χ1) is 7.76. The normalized spacial score (nSPS) is 15.2. The first kappa shape index (κ1) is 10.9. The van der Waals surface area contributed by atoms with Gasteiger partial charge in [0.15, 0.2) is 0 Å². The Hall–Kier alpha value is -1.58. The number of nitrogens with zero attached hydrogens (tertiary/aromatic N) is 3. The van der Waals surface area contributed by atoms with Crippen molar-refractivity contribution in [3.8, 4) is 5.75 Å². The first-order valence-electron chi connectivity index (χ1n) is 5.55. The summed E-state index contributed by atoms with van der Waals surface area (Å²) in [6.45, 7) is 4.09. The molecule has 0 spiro atoms. The molecule has 0 aliphatic carbocycles. The molecule has 0 saturated carbocycles. The molecule has 0 aromatic heterocycles. The second-order valence-electron chi connectivity index (χ2n) is 4.10. The van der Waals surface area contributed by atoms with Crippen LogP contribution < -0.4 is 15.2 Å². The Labute approximate surface area is 95.7 Å². The molecule has 1 saturated heterocycles. The maximum Gasteiger partial charge on any atom is 0.144 e. The van der Waals surface area contributed by atoms with E-state index in [9.17, 15) is 0 Å². The van der Waals surface area contributed by atoms with Crippen LogP contribution in [0.1, 0.15) is 18.4 Å². The zero-order valence-corrected chi connectivity index (χ0v) is 9.73. The number of hydrogen-bond donors (Lipinski definition) is 0. The Morgan fingerprint density at radius 1 is 1.31 bits per heavy atom. The van der Waals surface area contributed by atoms with Crippen molar-refractivity contribution in [2.45, 2.75) is 19.8 Å². The fraction of sp³-hybridized carbons (Fsp3) is 0.500. The van der Waals surface area contributed by atoms with Crippen molar-refractivity contribution in [3.63, 3.8) is 0 Å². The molecule has 1 aromatic rings. The van der Waals surface area contributed by atoms with Crippen molar-refractivity contribution in [2.24, 2.45) is 5.11 Å². The predicted molar refractivity (Wildman–Crippen MR) is 63.4 cm³/mol. The van der Waals surface area contributed by atoms with E-state index in [1.807, 2.05) is 13.0 Å². The average molecular weight is 218 g/mol. The molecule has 1 aliphatic rings. The van der Waals surface area contributed by atoms with Crippen LogP contribution in [0.5, 0.6) is 5.75 Å². The second kappa shape index (κ2) is 4.51. The molecule has 0 N–H and O–H groups in total. The quantitative estimate of drug-likeness (QED) is 0.732. The van der Waals surface area contributed by atoms with E-state index in [4.69, 9.17) is 10.3 Å². The number of hydrogen-bond acceptors (Lipinski definition) is 3. The maximum absolute atomic E-state index is 8.85. The van der Waals surface area contributed by atoms with Gasteiger partial charge in [-0.3, -0.25) is 0 Å². The van der Waals surface area contributed by atoms with Gasteiger partial charge in [-0.2, -0.15) is 0 Å². The molecule has 1 aliphatic heterocycles. The number of methoxy groups -OCH3 is 1. The lowest BCUT2D eigenvalue weighted by molar-refractivity contribution is 0.415. The third kappa shape index (κ3) is 1.87. The Bertz CT molecular complexity index is 397. The van der Waals surface area contributed by atoms with Crippen molar-refractivity contribution >= 4 is 11.4 Å². The van der Waals surface area contributed by atoms with Crippen LogP contribution in [-0.4, -0.2) is 20.2 Å². The molecule has 4 nitrogen and oxygen atoms in total. The fourth-order valence-electron chi connectivity index (χ4n) is 2.14. The zero-order chi connectivity index (χ0) is 11.5. The molecule has 0 unspecified atom stereocenters. The standard InChI is InChI=1S/C12H16N3O/c1-9-7-11(15-5-3-4-6-15)12(16-2)8-10(9)14-13/h7-8H,3-6H2,1-2H3. The van der Waals surface area contributed by atoms with E-state index < -0.39 is 0 Å². The molecular formula is C12H16N3O. The summed E-state index contributed by atoms with van der Waals surface area (Å²) < 4.78 is 5.34. The lowest BCUT2D eigenvalue weighted by Gasteiger charge is -2.21. The minimum atomic E-state index is 0.569. The van der Waals surface area contributed by atoms with Crippen LogP contribution in [0.3, 0.4) is 0 Å². The van der Waals surface area contributed by atoms with E-state index >= 15 is 0 Å². The number of anilines is 1. The van der Waals surface area contributed by atoms with E-state index in [0.29, 0.717) is 5.69 Å². The van der Waals surface area contributed by atoms with E-state index in [1.54, 1.807) is 13.2 Å². The van der Waals surface area contributed by atoms with Crippen molar-refractivity contribution in [1.82, 2.24) is 5.53 Å². The highest BCUT2D eigenvalue weighted by atomic mass is 16.5. The van der Waals surface area contributed by atoms with Gasteiger partial charge >= 0.3 is 0 Å². The molecule has 1 heterocycles. The molecule has 1 fully saturated rings. The van der Waals surface area contributed by atoms with Crippen LogP contribution in [0.4, 0.5) is 11.4 Å². The summed E-state index contributed by atoms with van der Waals surface area (Å²) in [4.78, 5) is 2.31. The van der Waals surface area contributed by atoms with Gasteiger partial charge in [0.25, 0.3) is 0 Å². The molecular weight excluding hydrogens is 202 g/mol. The van der Waals surface area contributed by atoms with Gasteiger partial charge in [0, 0.05) is 19.2 Å². The van der Waals surface area contributed by atoms with Gasteiger partial charge in [-0.15, -0.1) is 5.11 Å². The summed E-state index contributed by atoms with van der Waals surface area (Å²) in [5, 5.41) is 3.25. The monoisotopic (exact) mass is 218 g/mol. The van der Waals surface area contributed by atoms with E-state index in [-0.39, 0.29) is 0 Å². The summed E-state index contributed by atoms with van der Waals surface area (Å²) in [5.41, 5.74) is 11.5. The summed E-state index contributed by atoms with van der Waals surface area (Å²) >= 11 is 0. The van der Waals surface area contributed by atoms with Gasteiger partial charge in [0.1, 0.15) is 5.75 Å². The molecule has 1 aromatic carbocycles. The number of aryl methyl sites for hydroxylation is 1. The van der Waals surface area contributed by atoms with Gasteiger partial charge in [-0.05, 0) is 36.9 Å². The topological polar surface area (TPSA) is 47.1 Å². The highest BCUT2D eigenvalue weighted by Gasteiger charge is 2.17. The lowest BCUT2D eigenvalue weighted by Crippen LogP contribution is -2.18. The van der Waals surface area contributed by atoms with Gasteiger partial charge in [-0.1, -0.05) is 0 Å². The van der Waals surface area contributed by atoms with Crippen molar-refractivity contribution in [3.05, 3.63) is 17.7 Å². The Kier molecular flexibility index (Phi) is 3.08. The average Bonchev–Trinajstić information content (AvgIpc) is 2.82. The predicted octanol–water partition coefficient (Wildman–Crippen LogP) is 2.49. The Morgan fingerprint density at radius 3 is 2.56 bits per heavy atom. The summed E-state index contributed by atoms with van der Waals surface area (Å²) in [5.74, 6) is 0.778. The van der Waals surface area contributed by atoms with Crippen LogP contribution in [0.2, 0.25) is 0 Å².